The molecule has 1 fully saturated rings. The van der Waals surface area contributed by atoms with Crippen molar-refractivity contribution < 1.29 is 14.3 Å². The van der Waals surface area contributed by atoms with Crippen molar-refractivity contribution in [1.82, 2.24) is 5.32 Å². The maximum atomic E-state index is 11.4. The number of hydrogen-bond acceptors (Lipinski definition) is 4. The van der Waals surface area contributed by atoms with Crippen molar-refractivity contribution in [3.8, 4) is 5.75 Å². The quantitative estimate of drug-likeness (QED) is 0.875. The molecule has 1 saturated heterocycles. The van der Waals surface area contributed by atoms with Crippen molar-refractivity contribution in [2.45, 2.75) is 45.3 Å². The summed E-state index contributed by atoms with van der Waals surface area (Å²) in [5.74, 6) is 0.874. The van der Waals surface area contributed by atoms with Crippen LogP contribution in [0.3, 0.4) is 0 Å². The third-order valence-corrected chi connectivity index (χ3v) is 3.81. The fraction of sp³-hybridized carbons (Fsp3) is 0.467. The number of thioether (sulfide) groups is 1. The minimum Gasteiger partial charge on any atom is -0.491 e. The third-order valence-electron chi connectivity index (χ3n) is 3.02. The van der Waals surface area contributed by atoms with Crippen LogP contribution in [-0.4, -0.2) is 22.5 Å². The normalized spacial score (nSPS) is 18.4. The van der Waals surface area contributed by atoms with Crippen LogP contribution in [0.1, 0.15) is 32.3 Å². The van der Waals surface area contributed by atoms with E-state index in [2.05, 4.69) is 5.32 Å². The van der Waals surface area contributed by atoms with E-state index in [0.29, 0.717) is 6.42 Å². The lowest BCUT2D eigenvalue weighted by atomic mass is 10.1. The lowest BCUT2D eigenvalue weighted by Crippen LogP contribution is -2.28. The zero-order valence-electron chi connectivity index (χ0n) is 11.7. The second-order valence-electron chi connectivity index (χ2n) is 5.11. The first-order chi connectivity index (χ1) is 9.54. The molecule has 20 heavy (non-hydrogen) atoms. The Morgan fingerprint density at radius 1 is 1.25 bits per heavy atom. The first-order valence-electron chi connectivity index (χ1n) is 6.82. The van der Waals surface area contributed by atoms with Crippen LogP contribution in [0.15, 0.2) is 24.3 Å². The van der Waals surface area contributed by atoms with Gasteiger partial charge in [-0.05, 0) is 50.8 Å². The highest BCUT2D eigenvalue weighted by atomic mass is 32.2. The summed E-state index contributed by atoms with van der Waals surface area (Å²) in [7, 11) is 0. The van der Waals surface area contributed by atoms with E-state index in [0.717, 1.165) is 30.4 Å². The van der Waals surface area contributed by atoms with Gasteiger partial charge >= 0.3 is 0 Å². The number of aryl methyl sites for hydroxylation is 1. The van der Waals surface area contributed by atoms with Gasteiger partial charge in [0.15, 0.2) is 0 Å². The van der Waals surface area contributed by atoms with Crippen molar-refractivity contribution in [3.63, 3.8) is 0 Å². The molecule has 0 spiro atoms. The van der Waals surface area contributed by atoms with Gasteiger partial charge in [0.2, 0.25) is 5.12 Å². The Labute approximate surface area is 123 Å². The zero-order chi connectivity index (χ0) is 14.5. The van der Waals surface area contributed by atoms with Gasteiger partial charge in [-0.1, -0.05) is 12.1 Å². The number of carbonyl (C=O) groups excluding carboxylic acids is 2. The summed E-state index contributed by atoms with van der Waals surface area (Å²) in [6, 6.07) is 7.71. The maximum absolute atomic E-state index is 11.4. The molecule has 1 aromatic rings. The van der Waals surface area contributed by atoms with E-state index in [9.17, 15) is 9.59 Å². The molecule has 1 heterocycles. The van der Waals surface area contributed by atoms with Gasteiger partial charge in [0, 0.05) is 11.8 Å². The Morgan fingerprint density at radius 3 is 2.50 bits per heavy atom. The predicted octanol–water partition coefficient (Wildman–Crippen LogP) is 3.15. The average molecular weight is 293 g/mol. The topological polar surface area (TPSA) is 55.4 Å². The first-order valence-corrected chi connectivity index (χ1v) is 7.64. The molecule has 1 amide bonds. The third kappa shape index (κ3) is 4.27. The van der Waals surface area contributed by atoms with Crippen LogP contribution in [0.4, 0.5) is 4.79 Å². The highest BCUT2D eigenvalue weighted by Crippen LogP contribution is 2.20. The molecule has 5 heteroatoms. The van der Waals surface area contributed by atoms with E-state index in [1.807, 2.05) is 38.1 Å². The van der Waals surface area contributed by atoms with Gasteiger partial charge in [-0.15, -0.1) is 0 Å². The molecule has 1 atom stereocenters. The van der Waals surface area contributed by atoms with Gasteiger partial charge in [0.05, 0.1) is 12.1 Å². The number of amides is 1. The van der Waals surface area contributed by atoms with E-state index in [1.54, 1.807) is 0 Å². The standard InChI is InChI=1S/C15H19NO3S/c1-10(2)19-12-8-6-11(7-9-12)4-3-5-13-14(17)20-15(18)16-13/h6-10,13H,3-5H2,1-2H3,(H,16,18). The molecule has 1 unspecified atom stereocenters. The van der Waals surface area contributed by atoms with Gasteiger partial charge in [-0.25, -0.2) is 0 Å². The van der Waals surface area contributed by atoms with E-state index in [1.165, 1.54) is 5.56 Å². The molecule has 0 bridgehead atoms. The summed E-state index contributed by atoms with van der Waals surface area (Å²) < 4.78 is 5.59. The highest BCUT2D eigenvalue weighted by molar-refractivity contribution is 8.26. The van der Waals surface area contributed by atoms with Crippen LogP contribution in [-0.2, 0) is 11.2 Å². The van der Waals surface area contributed by atoms with Gasteiger partial charge in [0.1, 0.15) is 5.75 Å². The zero-order valence-corrected chi connectivity index (χ0v) is 12.5. The van der Waals surface area contributed by atoms with Crippen molar-refractivity contribution in [2.24, 2.45) is 0 Å². The Bertz CT molecular complexity index is 484. The molecule has 1 aliphatic rings. The molecule has 4 nitrogen and oxygen atoms in total. The van der Waals surface area contributed by atoms with Crippen LogP contribution >= 0.6 is 11.8 Å². The lowest BCUT2D eigenvalue weighted by Gasteiger charge is -2.10. The molecular weight excluding hydrogens is 274 g/mol. The Balaban J connectivity index is 1.77. The summed E-state index contributed by atoms with van der Waals surface area (Å²) in [6.45, 7) is 4.00. The number of rotatable bonds is 6. The maximum Gasteiger partial charge on any atom is 0.287 e. The molecule has 1 aromatic carbocycles. The summed E-state index contributed by atoms with van der Waals surface area (Å²) in [5, 5.41) is 2.39. The minimum atomic E-state index is -0.309. The van der Waals surface area contributed by atoms with Crippen LogP contribution in [0, 0.1) is 0 Å². The van der Waals surface area contributed by atoms with E-state index >= 15 is 0 Å². The van der Waals surface area contributed by atoms with Gasteiger partial charge in [-0.2, -0.15) is 0 Å². The molecule has 0 aromatic heterocycles. The van der Waals surface area contributed by atoms with Gasteiger partial charge < -0.3 is 10.1 Å². The van der Waals surface area contributed by atoms with Crippen LogP contribution in [0.5, 0.6) is 5.75 Å². The average Bonchev–Trinajstić information content (AvgIpc) is 2.69. The predicted molar refractivity (Wildman–Crippen MR) is 80.1 cm³/mol. The molecule has 0 aliphatic carbocycles. The Hall–Kier alpha value is -1.49. The molecule has 0 saturated carbocycles. The number of hydrogen-bond donors (Lipinski definition) is 1. The smallest absolute Gasteiger partial charge is 0.287 e. The number of benzene rings is 1. The number of ether oxygens (including phenoxy) is 1. The van der Waals surface area contributed by atoms with Crippen LogP contribution in [0.2, 0.25) is 0 Å². The van der Waals surface area contributed by atoms with Gasteiger partial charge in [-0.3, -0.25) is 9.59 Å². The van der Waals surface area contributed by atoms with E-state index in [-0.39, 0.29) is 22.5 Å². The second kappa shape index (κ2) is 6.79. The number of nitrogens with one attached hydrogen (secondary N) is 1. The highest BCUT2D eigenvalue weighted by Gasteiger charge is 2.30. The summed E-state index contributed by atoms with van der Waals surface area (Å²) in [4.78, 5) is 22.5. The Kier molecular flexibility index (Phi) is 5.06. The first kappa shape index (κ1) is 14.9. The molecule has 1 aliphatic heterocycles. The second-order valence-corrected chi connectivity index (χ2v) is 6.09. The SMILES string of the molecule is CC(C)Oc1ccc(CCCC2NC(=O)SC2=O)cc1. The van der Waals surface area contributed by atoms with Crippen molar-refractivity contribution in [2.75, 3.05) is 0 Å². The van der Waals surface area contributed by atoms with Gasteiger partial charge in [0.25, 0.3) is 5.24 Å². The lowest BCUT2D eigenvalue weighted by molar-refractivity contribution is -0.112. The number of carbonyl (C=O) groups is 2. The Morgan fingerprint density at radius 2 is 1.95 bits per heavy atom. The largest absolute Gasteiger partial charge is 0.491 e. The van der Waals surface area contributed by atoms with Crippen molar-refractivity contribution >= 4 is 22.1 Å². The molecular formula is C15H19NO3S. The van der Waals surface area contributed by atoms with Crippen LogP contribution < -0.4 is 10.1 Å². The molecule has 108 valence electrons. The monoisotopic (exact) mass is 293 g/mol. The van der Waals surface area contributed by atoms with Crippen molar-refractivity contribution in [1.29, 1.82) is 0 Å². The van der Waals surface area contributed by atoms with E-state index < -0.39 is 0 Å². The molecule has 1 N–H and O–H groups in total. The van der Waals surface area contributed by atoms with Crippen LogP contribution in [0.25, 0.3) is 0 Å². The molecule has 2 rings (SSSR count). The summed E-state index contributed by atoms with van der Waals surface area (Å²) in [5.41, 5.74) is 1.21. The summed E-state index contributed by atoms with van der Waals surface area (Å²) in [6.07, 6.45) is 2.64. The fourth-order valence-electron chi connectivity index (χ4n) is 2.10. The van der Waals surface area contributed by atoms with Crippen molar-refractivity contribution in [3.05, 3.63) is 29.8 Å². The minimum absolute atomic E-state index is 0.0596. The van der Waals surface area contributed by atoms with E-state index in [4.69, 9.17) is 4.74 Å². The fourth-order valence-corrected chi connectivity index (χ4v) is 2.80. The molecule has 0 radical (unpaired) electrons. The summed E-state index contributed by atoms with van der Waals surface area (Å²) >= 11 is 0.777.